The van der Waals surface area contributed by atoms with Crippen LogP contribution in [0.15, 0.2) is 0 Å². The quantitative estimate of drug-likeness (QED) is 0.340. The van der Waals surface area contributed by atoms with Crippen LogP contribution in [0.1, 0.15) is 123 Å². The first-order valence-electron chi connectivity index (χ1n) is 10.4. The van der Waals surface area contributed by atoms with Crippen LogP contribution in [0.4, 0.5) is 0 Å². The van der Waals surface area contributed by atoms with Crippen LogP contribution in [0.3, 0.4) is 0 Å². The number of hydrogen-bond donors (Lipinski definition) is 0. The molecular formula is C21H42. The van der Waals surface area contributed by atoms with E-state index in [1.807, 2.05) is 0 Å². The lowest BCUT2D eigenvalue weighted by atomic mass is 9.76. The van der Waals surface area contributed by atoms with Gasteiger partial charge in [-0.05, 0) is 11.8 Å². The summed E-state index contributed by atoms with van der Waals surface area (Å²) in [6.45, 7) is 4.67. The fourth-order valence-corrected chi connectivity index (χ4v) is 4.23. The molecule has 2 unspecified atom stereocenters. The van der Waals surface area contributed by atoms with Gasteiger partial charge in [-0.2, -0.15) is 0 Å². The summed E-state index contributed by atoms with van der Waals surface area (Å²) in [4.78, 5) is 0. The van der Waals surface area contributed by atoms with Gasteiger partial charge in [0.05, 0.1) is 0 Å². The average molecular weight is 295 g/mol. The van der Waals surface area contributed by atoms with E-state index in [1.165, 1.54) is 89.9 Å². The van der Waals surface area contributed by atoms with Crippen LogP contribution in [0.2, 0.25) is 0 Å². The summed E-state index contributed by atoms with van der Waals surface area (Å²) in [6, 6.07) is 0. The molecule has 1 aliphatic carbocycles. The summed E-state index contributed by atoms with van der Waals surface area (Å²) in [5, 5.41) is 0. The molecule has 0 amide bonds. The second kappa shape index (κ2) is 13.6. The van der Waals surface area contributed by atoms with Crippen LogP contribution in [-0.2, 0) is 0 Å². The zero-order chi connectivity index (χ0) is 15.2. The smallest absolute Gasteiger partial charge is 0.0386 e. The molecule has 0 spiro atoms. The molecule has 1 saturated carbocycles. The Labute approximate surface area is 135 Å². The monoisotopic (exact) mass is 294 g/mol. The van der Waals surface area contributed by atoms with Gasteiger partial charge in [0.15, 0.2) is 0 Å². The molecule has 0 N–H and O–H groups in total. The minimum Gasteiger partial charge on any atom is -0.0654 e. The Balaban J connectivity index is 2.19. The summed E-state index contributed by atoms with van der Waals surface area (Å²) in [6.07, 6.45) is 25.3. The SMILES string of the molecule is CCCCCCCCCC1CCCCCCC1CCCC. The Hall–Kier alpha value is 0. The first-order chi connectivity index (χ1) is 10.4. The maximum Gasteiger partial charge on any atom is -0.0386 e. The van der Waals surface area contributed by atoms with Crippen molar-refractivity contribution >= 4 is 0 Å². The van der Waals surface area contributed by atoms with E-state index in [0.717, 1.165) is 11.8 Å². The maximum atomic E-state index is 2.36. The lowest BCUT2D eigenvalue weighted by molar-refractivity contribution is 0.224. The van der Waals surface area contributed by atoms with E-state index in [0.29, 0.717) is 0 Å². The zero-order valence-corrected chi connectivity index (χ0v) is 15.2. The molecule has 1 rings (SSSR count). The summed E-state index contributed by atoms with van der Waals surface area (Å²) < 4.78 is 0. The van der Waals surface area contributed by atoms with Gasteiger partial charge in [-0.15, -0.1) is 0 Å². The summed E-state index contributed by atoms with van der Waals surface area (Å²) >= 11 is 0. The molecule has 0 radical (unpaired) electrons. The number of unbranched alkanes of at least 4 members (excludes halogenated alkanes) is 7. The van der Waals surface area contributed by atoms with Crippen LogP contribution in [0.5, 0.6) is 0 Å². The Morgan fingerprint density at radius 2 is 1.00 bits per heavy atom. The molecular weight excluding hydrogens is 252 g/mol. The zero-order valence-electron chi connectivity index (χ0n) is 15.2. The molecule has 0 nitrogen and oxygen atoms in total. The molecule has 0 aromatic rings. The van der Waals surface area contributed by atoms with Gasteiger partial charge in [0, 0.05) is 0 Å². The van der Waals surface area contributed by atoms with E-state index in [1.54, 1.807) is 19.3 Å². The molecule has 126 valence electrons. The molecule has 0 saturated heterocycles. The standard InChI is InChI=1S/C21H42/c1-3-5-7-8-9-10-13-18-21-19-15-12-11-14-17-20(21)16-6-4-2/h20-21H,3-19H2,1-2H3. The van der Waals surface area contributed by atoms with Crippen LogP contribution < -0.4 is 0 Å². The fraction of sp³-hybridized carbons (Fsp3) is 1.00. The molecule has 21 heavy (non-hydrogen) atoms. The highest BCUT2D eigenvalue weighted by atomic mass is 14.3. The third kappa shape index (κ3) is 9.59. The molecule has 0 heteroatoms. The summed E-state index contributed by atoms with van der Waals surface area (Å²) in [7, 11) is 0. The van der Waals surface area contributed by atoms with Gasteiger partial charge >= 0.3 is 0 Å². The van der Waals surface area contributed by atoms with Gasteiger partial charge < -0.3 is 0 Å². The van der Waals surface area contributed by atoms with Crippen molar-refractivity contribution in [3.8, 4) is 0 Å². The average Bonchev–Trinajstić information content (AvgIpc) is 2.47. The van der Waals surface area contributed by atoms with Crippen LogP contribution >= 0.6 is 0 Å². The first kappa shape index (κ1) is 19.0. The highest BCUT2D eigenvalue weighted by molar-refractivity contribution is 4.73. The van der Waals surface area contributed by atoms with E-state index in [2.05, 4.69) is 13.8 Å². The lowest BCUT2D eigenvalue weighted by Crippen LogP contribution is -2.17. The van der Waals surface area contributed by atoms with Crippen molar-refractivity contribution in [1.82, 2.24) is 0 Å². The predicted octanol–water partition coefficient (Wildman–Crippen LogP) is 7.90. The van der Waals surface area contributed by atoms with Gasteiger partial charge in [-0.1, -0.05) is 123 Å². The van der Waals surface area contributed by atoms with Gasteiger partial charge in [0.1, 0.15) is 0 Å². The van der Waals surface area contributed by atoms with E-state index in [4.69, 9.17) is 0 Å². The van der Waals surface area contributed by atoms with Crippen molar-refractivity contribution in [1.29, 1.82) is 0 Å². The van der Waals surface area contributed by atoms with Crippen LogP contribution in [0, 0.1) is 11.8 Å². The summed E-state index contributed by atoms with van der Waals surface area (Å²) in [5.41, 5.74) is 0. The molecule has 0 aliphatic heterocycles. The second-order valence-corrected chi connectivity index (χ2v) is 7.56. The van der Waals surface area contributed by atoms with Gasteiger partial charge in [-0.25, -0.2) is 0 Å². The van der Waals surface area contributed by atoms with Gasteiger partial charge in [0.25, 0.3) is 0 Å². The lowest BCUT2D eigenvalue weighted by Gasteiger charge is -2.29. The fourth-order valence-electron chi connectivity index (χ4n) is 4.23. The van der Waals surface area contributed by atoms with Crippen molar-refractivity contribution in [2.75, 3.05) is 0 Å². The van der Waals surface area contributed by atoms with Crippen molar-refractivity contribution in [3.05, 3.63) is 0 Å². The first-order valence-corrected chi connectivity index (χ1v) is 10.4. The van der Waals surface area contributed by atoms with Crippen molar-refractivity contribution < 1.29 is 0 Å². The van der Waals surface area contributed by atoms with E-state index < -0.39 is 0 Å². The van der Waals surface area contributed by atoms with Gasteiger partial charge in [0.2, 0.25) is 0 Å². The van der Waals surface area contributed by atoms with Crippen LogP contribution in [-0.4, -0.2) is 0 Å². The Bertz CT molecular complexity index is 206. The Morgan fingerprint density at radius 3 is 1.57 bits per heavy atom. The molecule has 0 bridgehead atoms. The molecule has 1 aliphatic rings. The van der Waals surface area contributed by atoms with E-state index >= 15 is 0 Å². The van der Waals surface area contributed by atoms with E-state index in [-0.39, 0.29) is 0 Å². The highest BCUT2D eigenvalue weighted by Crippen LogP contribution is 2.34. The minimum atomic E-state index is 1.07. The summed E-state index contributed by atoms with van der Waals surface area (Å²) in [5.74, 6) is 2.15. The molecule has 0 aromatic heterocycles. The van der Waals surface area contributed by atoms with Crippen LogP contribution in [0.25, 0.3) is 0 Å². The number of rotatable bonds is 11. The Morgan fingerprint density at radius 1 is 0.524 bits per heavy atom. The third-order valence-corrected chi connectivity index (χ3v) is 5.67. The maximum absolute atomic E-state index is 2.36. The Kier molecular flexibility index (Phi) is 12.4. The van der Waals surface area contributed by atoms with Crippen molar-refractivity contribution in [2.24, 2.45) is 11.8 Å². The topological polar surface area (TPSA) is 0 Å². The largest absolute Gasteiger partial charge is 0.0654 e. The number of hydrogen-bond acceptors (Lipinski definition) is 0. The molecule has 0 heterocycles. The highest BCUT2D eigenvalue weighted by Gasteiger charge is 2.21. The minimum absolute atomic E-state index is 1.07. The van der Waals surface area contributed by atoms with Gasteiger partial charge in [-0.3, -0.25) is 0 Å². The molecule has 0 aromatic carbocycles. The second-order valence-electron chi connectivity index (χ2n) is 7.56. The normalized spacial score (nSPS) is 23.7. The molecule has 1 fully saturated rings. The molecule has 2 atom stereocenters. The van der Waals surface area contributed by atoms with Crippen molar-refractivity contribution in [2.45, 2.75) is 123 Å². The van der Waals surface area contributed by atoms with E-state index in [9.17, 15) is 0 Å². The third-order valence-electron chi connectivity index (χ3n) is 5.67. The predicted molar refractivity (Wildman–Crippen MR) is 96.8 cm³/mol. The van der Waals surface area contributed by atoms with Crippen molar-refractivity contribution in [3.63, 3.8) is 0 Å².